The third-order valence-electron chi connectivity index (χ3n) is 2.26. The maximum Gasteiger partial charge on any atom is 0.137 e. The van der Waals surface area contributed by atoms with E-state index in [0.29, 0.717) is 6.54 Å². The second-order valence-corrected chi connectivity index (χ2v) is 3.44. The van der Waals surface area contributed by atoms with Gasteiger partial charge in [-0.05, 0) is 13.0 Å². The van der Waals surface area contributed by atoms with E-state index in [-0.39, 0.29) is 0 Å². The topological polar surface area (TPSA) is 52.0 Å². The molecule has 0 spiro atoms. The lowest BCUT2D eigenvalue weighted by atomic mass is 10.1. The first kappa shape index (κ1) is 9.93. The summed E-state index contributed by atoms with van der Waals surface area (Å²) in [5.74, 6) is 0.902. The van der Waals surface area contributed by atoms with Crippen molar-refractivity contribution in [3.8, 4) is 11.3 Å². The molecule has 2 rings (SSSR count). The van der Waals surface area contributed by atoms with Crippen LogP contribution in [0.15, 0.2) is 40.9 Å². The standard InChI is InChI=1S/C12H14N2O/c13-8-4-7-11-9-12(14-15-11)10-5-2-1-3-6-10/h1-3,5-6,9H,4,7-8,13H2. The average molecular weight is 202 g/mol. The molecule has 0 saturated carbocycles. The van der Waals surface area contributed by atoms with E-state index in [2.05, 4.69) is 5.16 Å². The minimum atomic E-state index is 0.682. The van der Waals surface area contributed by atoms with Gasteiger partial charge in [-0.2, -0.15) is 0 Å². The van der Waals surface area contributed by atoms with Gasteiger partial charge in [-0.25, -0.2) is 0 Å². The van der Waals surface area contributed by atoms with Gasteiger partial charge in [0.1, 0.15) is 11.5 Å². The van der Waals surface area contributed by atoms with Crippen molar-refractivity contribution in [2.75, 3.05) is 6.54 Å². The first-order chi connectivity index (χ1) is 7.40. The Morgan fingerprint density at radius 2 is 2.00 bits per heavy atom. The first-order valence-corrected chi connectivity index (χ1v) is 5.11. The SMILES string of the molecule is NCCCc1cc(-c2ccccc2)no1. The molecule has 0 radical (unpaired) electrons. The lowest BCUT2D eigenvalue weighted by molar-refractivity contribution is 0.383. The van der Waals surface area contributed by atoms with Crippen molar-refractivity contribution in [1.82, 2.24) is 5.16 Å². The molecule has 0 fully saturated rings. The molecule has 1 aromatic heterocycles. The third kappa shape index (κ3) is 2.44. The van der Waals surface area contributed by atoms with E-state index in [4.69, 9.17) is 10.3 Å². The molecule has 3 nitrogen and oxygen atoms in total. The largest absolute Gasteiger partial charge is 0.361 e. The monoisotopic (exact) mass is 202 g/mol. The number of aryl methyl sites for hydroxylation is 1. The van der Waals surface area contributed by atoms with Crippen molar-refractivity contribution < 1.29 is 4.52 Å². The first-order valence-electron chi connectivity index (χ1n) is 5.11. The van der Waals surface area contributed by atoms with Gasteiger partial charge in [0.25, 0.3) is 0 Å². The lowest BCUT2D eigenvalue weighted by Crippen LogP contribution is -1.99. The molecule has 78 valence electrons. The Morgan fingerprint density at radius 1 is 1.20 bits per heavy atom. The van der Waals surface area contributed by atoms with Crippen molar-refractivity contribution in [1.29, 1.82) is 0 Å². The van der Waals surface area contributed by atoms with Crippen LogP contribution in [0.25, 0.3) is 11.3 Å². The van der Waals surface area contributed by atoms with Crippen LogP contribution in [0.2, 0.25) is 0 Å². The summed E-state index contributed by atoms with van der Waals surface area (Å²) in [5, 5.41) is 4.02. The highest BCUT2D eigenvalue weighted by molar-refractivity contribution is 5.58. The molecule has 0 unspecified atom stereocenters. The zero-order valence-electron chi connectivity index (χ0n) is 8.52. The van der Waals surface area contributed by atoms with Gasteiger partial charge in [-0.1, -0.05) is 35.5 Å². The summed E-state index contributed by atoms with van der Waals surface area (Å²) in [6, 6.07) is 12.0. The van der Waals surface area contributed by atoms with E-state index in [1.807, 2.05) is 36.4 Å². The fraction of sp³-hybridized carbons (Fsp3) is 0.250. The van der Waals surface area contributed by atoms with Gasteiger partial charge in [-0.15, -0.1) is 0 Å². The van der Waals surface area contributed by atoms with Crippen molar-refractivity contribution in [2.45, 2.75) is 12.8 Å². The molecule has 15 heavy (non-hydrogen) atoms. The molecule has 0 saturated heterocycles. The van der Waals surface area contributed by atoms with Crippen molar-refractivity contribution in [3.63, 3.8) is 0 Å². The molecule has 0 aliphatic rings. The molecular formula is C12H14N2O. The van der Waals surface area contributed by atoms with Crippen LogP contribution in [0, 0.1) is 0 Å². The summed E-state index contributed by atoms with van der Waals surface area (Å²) in [4.78, 5) is 0. The van der Waals surface area contributed by atoms with Gasteiger partial charge in [0.15, 0.2) is 0 Å². The number of nitrogens with two attached hydrogens (primary N) is 1. The van der Waals surface area contributed by atoms with Crippen LogP contribution in [0.3, 0.4) is 0 Å². The third-order valence-corrected chi connectivity index (χ3v) is 2.26. The number of hydrogen-bond donors (Lipinski definition) is 1. The molecule has 1 heterocycles. The second kappa shape index (κ2) is 4.75. The fourth-order valence-electron chi connectivity index (χ4n) is 1.45. The fourth-order valence-corrected chi connectivity index (χ4v) is 1.45. The predicted octanol–water partition coefficient (Wildman–Crippen LogP) is 2.23. The molecule has 2 aromatic rings. The van der Waals surface area contributed by atoms with E-state index < -0.39 is 0 Å². The van der Waals surface area contributed by atoms with Crippen LogP contribution >= 0.6 is 0 Å². The molecule has 0 aliphatic carbocycles. The molecular weight excluding hydrogens is 188 g/mol. The summed E-state index contributed by atoms with van der Waals surface area (Å²) < 4.78 is 5.22. The molecule has 1 aromatic carbocycles. The lowest BCUT2D eigenvalue weighted by Gasteiger charge is -1.91. The van der Waals surface area contributed by atoms with Crippen molar-refractivity contribution in [2.24, 2.45) is 5.73 Å². The van der Waals surface area contributed by atoms with E-state index in [1.54, 1.807) is 0 Å². The maximum absolute atomic E-state index is 5.43. The Kier molecular flexibility index (Phi) is 3.15. The van der Waals surface area contributed by atoms with Crippen molar-refractivity contribution in [3.05, 3.63) is 42.2 Å². The Morgan fingerprint density at radius 3 is 2.73 bits per heavy atom. The van der Waals surface area contributed by atoms with E-state index >= 15 is 0 Å². The number of hydrogen-bond acceptors (Lipinski definition) is 3. The van der Waals surface area contributed by atoms with Gasteiger partial charge in [0, 0.05) is 18.1 Å². The highest BCUT2D eigenvalue weighted by Gasteiger charge is 2.04. The molecule has 3 heteroatoms. The van der Waals surface area contributed by atoms with E-state index in [0.717, 1.165) is 29.9 Å². The number of nitrogens with zero attached hydrogens (tertiary/aromatic N) is 1. The Bertz CT molecular complexity index is 409. The summed E-state index contributed by atoms with van der Waals surface area (Å²) in [7, 11) is 0. The smallest absolute Gasteiger partial charge is 0.137 e. The second-order valence-electron chi connectivity index (χ2n) is 3.44. The van der Waals surface area contributed by atoms with Gasteiger partial charge < -0.3 is 10.3 Å². The number of benzene rings is 1. The quantitative estimate of drug-likeness (QED) is 0.827. The Balaban J connectivity index is 2.14. The van der Waals surface area contributed by atoms with Gasteiger partial charge in [-0.3, -0.25) is 0 Å². The Labute approximate surface area is 88.9 Å². The molecule has 0 amide bonds. The number of rotatable bonds is 4. The van der Waals surface area contributed by atoms with Crippen LogP contribution in [0.1, 0.15) is 12.2 Å². The normalized spacial score (nSPS) is 10.5. The zero-order valence-corrected chi connectivity index (χ0v) is 8.52. The summed E-state index contributed by atoms with van der Waals surface area (Å²) in [6.07, 6.45) is 1.79. The predicted molar refractivity (Wildman–Crippen MR) is 59.3 cm³/mol. The van der Waals surface area contributed by atoms with E-state index in [1.165, 1.54) is 0 Å². The highest BCUT2D eigenvalue weighted by atomic mass is 16.5. The maximum atomic E-state index is 5.43. The van der Waals surface area contributed by atoms with Crippen LogP contribution < -0.4 is 5.73 Å². The van der Waals surface area contributed by atoms with Crippen LogP contribution in [0.4, 0.5) is 0 Å². The summed E-state index contributed by atoms with van der Waals surface area (Å²) in [6.45, 7) is 0.682. The summed E-state index contributed by atoms with van der Waals surface area (Å²) >= 11 is 0. The van der Waals surface area contributed by atoms with Gasteiger partial charge in [0.05, 0.1) is 0 Å². The zero-order chi connectivity index (χ0) is 10.5. The molecule has 0 aliphatic heterocycles. The average Bonchev–Trinajstić information content (AvgIpc) is 2.76. The minimum Gasteiger partial charge on any atom is -0.361 e. The minimum absolute atomic E-state index is 0.682. The van der Waals surface area contributed by atoms with Gasteiger partial charge >= 0.3 is 0 Å². The van der Waals surface area contributed by atoms with Crippen LogP contribution in [-0.2, 0) is 6.42 Å². The van der Waals surface area contributed by atoms with Gasteiger partial charge in [0.2, 0.25) is 0 Å². The van der Waals surface area contributed by atoms with Crippen molar-refractivity contribution >= 4 is 0 Å². The molecule has 0 bridgehead atoms. The van der Waals surface area contributed by atoms with E-state index in [9.17, 15) is 0 Å². The molecule has 0 atom stereocenters. The van der Waals surface area contributed by atoms with Crippen LogP contribution in [-0.4, -0.2) is 11.7 Å². The number of aromatic nitrogens is 1. The summed E-state index contributed by atoms with van der Waals surface area (Å²) in [5.41, 5.74) is 7.41. The highest BCUT2D eigenvalue weighted by Crippen LogP contribution is 2.18. The molecule has 2 N–H and O–H groups in total. The Hall–Kier alpha value is -1.61. The van der Waals surface area contributed by atoms with Crippen LogP contribution in [0.5, 0.6) is 0 Å².